The highest BCUT2D eigenvalue weighted by Crippen LogP contribution is 2.28. The molecule has 0 fully saturated rings. The molecule has 0 aliphatic rings. The number of aliphatic hydroxyl groups is 2. The molecule has 0 aromatic heterocycles. The maximum Gasteiger partial charge on any atom is 0.131 e. The lowest BCUT2D eigenvalue weighted by molar-refractivity contribution is 0.192. The number of methoxy groups -OCH3 is 1. The van der Waals surface area contributed by atoms with E-state index >= 15 is 0 Å². The monoisotopic (exact) mass is 257 g/mol. The van der Waals surface area contributed by atoms with Crippen LogP contribution in [0.4, 0.5) is 10.1 Å². The second-order valence-electron chi connectivity index (χ2n) is 4.05. The highest BCUT2D eigenvalue weighted by Gasteiger charge is 2.17. The number of hydrogen-bond acceptors (Lipinski definition) is 4. The van der Waals surface area contributed by atoms with Crippen LogP contribution in [0.3, 0.4) is 0 Å². The molecule has 0 spiro atoms. The number of benzene rings is 1. The summed E-state index contributed by atoms with van der Waals surface area (Å²) >= 11 is 0. The van der Waals surface area contributed by atoms with Crippen molar-refractivity contribution in [2.24, 2.45) is 0 Å². The minimum absolute atomic E-state index is 0.0422. The highest BCUT2D eigenvalue weighted by atomic mass is 19.1. The van der Waals surface area contributed by atoms with Gasteiger partial charge in [-0.05, 0) is 19.1 Å². The molecule has 0 unspecified atom stereocenters. The van der Waals surface area contributed by atoms with Crippen LogP contribution in [0.1, 0.15) is 18.6 Å². The van der Waals surface area contributed by atoms with Crippen molar-refractivity contribution in [1.29, 1.82) is 0 Å². The fraction of sp³-hybridized carbons (Fsp3) is 0.538. The van der Waals surface area contributed by atoms with Gasteiger partial charge in [-0.3, -0.25) is 0 Å². The Balaban J connectivity index is 3.06. The summed E-state index contributed by atoms with van der Waals surface area (Å²) in [5, 5.41) is 18.7. The van der Waals surface area contributed by atoms with E-state index in [1.165, 1.54) is 13.0 Å². The molecule has 102 valence electrons. The molecule has 0 aliphatic carbocycles. The molecule has 1 rings (SSSR count). The summed E-state index contributed by atoms with van der Waals surface area (Å²) < 4.78 is 18.7. The average Bonchev–Trinajstić information content (AvgIpc) is 2.33. The standard InChI is InChI=1S/C13H20FNO3/c1-10(17)13-11(14)4-3-5-12(13)15(6-8-16)7-9-18-2/h3-5,10,16-17H,6-9H2,1-2H3/t10-/m0/s1. The Morgan fingerprint density at radius 3 is 2.67 bits per heavy atom. The van der Waals surface area contributed by atoms with E-state index in [-0.39, 0.29) is 12.2 Å². The molecule has 0 radical (unpaired) electrons. The largest absolute Gasteiger partial charge is 0.395 e. The van der Waals surface area contributed by atoms with Gasteiger partial charge in [0.1, 0.15) is 5.82 Å². The van der Waals surface area contributed by atoms with Gasteiger partial charge in [0, 0.05) is 31.5 Å². The molecule has 1 aromatic rings. The van der Waals surface area contributed by atoms with Crippen molar-refractivity contribution < 1.29 is 19.3 Å². The molecule has 1 aromatic carbocycles. The van der Waals surface area contributed by atoms with E-state index in [0.717, 1.165) is 0 Å². The van der Waals surface area contributed by atoms with Gasteiger partial charge in [-0.1, -0.05) is 6.07 Å². The smallest absolute Gasteiger partial charge is 0.131 e. The summed E-state index contributed by atoms with van der Waals surface area (Å²) in [6, 6.07) is 4.64. The highest BCUT2D eigenvalue weighted by molar-refractivity contribution is 5.55. The predicted molar refractivity (Wildman–Crippen MR) is 68.2 cm³/mol. The van der Waals surface area contributed by atoms with Crippen LogP contribution < -0.4 is 4.90 Å². The summed E-state index contributed by atoms with van der Waals surface area (Å²) in [6.07, 6.45) is -0.898. The number of nitrogens with zero attached hydrogens (tertiary/aromatic N) is 1. The van der Waals surface area contributed by atoms with Gasteiger partial charge in [0.25, 0.3) is 0 Å². The van der Waals surface area contributed by atoms with Crippen molar-refractivity contribution in [3.05, 3.63) is 29.6 Å². The van der Waals surface area contributed by atoms with Crippen LogP contribution in [-0.2, 0) is 4.74 Å². The molecule has 0 amide bonds. The van der Waals surface area contributed by atoms with Crippen LogP contribution in [0.5, 0.6) is 0 Å². The lowest BCUT2D eigenvalue weighted by atomic mass is 10.1. The van der Waals surface area contributed by atoms with Gasteiger partial charge in [0.15, 0.2) is 0 Å². The first-order valence-corrected chi connectivity index (χ1v) is 5.93. The molecule has 18 heavy (non-hydrogen) atoms. The van der Waals surface area contributed by atoms with E-state index in [4.69, 9.17) is 9.84 Å². The fourth-order valence-electron chi connectivity index (χ4n) is 1.89. The summed E-state index contributed by atoms with van der Waals surface area (Å²) in [4.78, 5) is 1.80. The number of anilines is 1. The first kappa shape index (κ1) is 14.9. The molecule has 0 aliphatic heterocycles. The Bertz CT molecular complexity index is 371. The number of rotatable bonds is 7. The van der Waals surface area contributed by atoms with Crippen molar-refractivity contribution in [2.45, 2.75) is 13.0 Å². The molecular formula is C13H20FNO3. The zero-order valence-corrected chi connectivity index (χ0v) is 10.8. The normalized spacial score (nSPS) is 12.5. The van der Waals surface area contributed by atoms with E-state index in [0.29, 0.717) is 25.4 Å². The Kier molecular flexibility index (Phi) is 6.04. The van der Waals surface area contributed by atoms with Crippen LogP contribution in [0.25, 0.3) is 0 Å². The molecule has 0 heterocycles. The number of aliphatic hydroxyl groups excluding tert-OH is 2. The second-order valence-corrected chi connectivity index (χ2v) is 4.05. The maximum atomic E-state index is 13.7. The zero-order valence-electron chi connectivity index (χ0n) is 10.8. The molecule has 0 saturated heterocycles. The first-order chi connectivity index (χ1) is 8.61. The topological polar surface area (TPSA) is 52.9 Å². The molecule has 0 saturated carbocycles. The van der Waals surface area contributed by atoms with Gasteiger partial charge >= 0.3 is 0 Å². The van der Waals surface area contributed by atoms with E-state index in [9.17, 15) is 9.50 Å². The second kappa shape index (κ2) is 7.31. The third kappa shape index (κ3) is 3.66. The minimum Gasteiger partial charge on any atom is -0.395 e. The van der Waals surface area contributed by atoms with Crippen molar-refractivity contribution >= 4 is 5.69 Å². The summed E-state index contributed by atoms with van der Waals surface area (Å²) in [7, 11) is 1.58. The van der Waals surface area contributed by atoms with Gasteiger partial charge in [0.05, 0.1) is 19.3 Å². The van der Waals surface area contributed by atoms with Crippen molar-refractivity contribution in [3.63, 3.8) is 0 Å². The van der Waals surface area contributed by atoms with Crippen molar-refractivity contribution in [2.75, 3.05) is 38.3 Å². The minimum atomic E-state index is -0.898. The van der Waals surface area contributed by atoms with Crippen LogP contribution in [-0.4, -0.2) is 43.6 Å². The number of hydrogen-bond donors (Lipinski definition) is 2. The van der Waals surface area contributed by atoms with E-state index in [2.05, 4.69) is 0 Å². The van der Waals surface area contributed by atoms with E-state index in [1.807, 2.05) is 0 Å². The van der Waals surface area contributed by atoms with Gasteiger partial charge in [0.2, 0.25) is 0 Å². The number of halogens is 1. The van der Waals surface area contributed by atoms with Crippen LogP contribution in [0, 0.1) is 5.82 Å². The van der Waals surface area contributed by atoms with Gasteiger partial charge in [-0.2, -0.15) is 0 Å². The van der Waals surface area contributed by atoms with Gasteiger partial charge in [-0.25, -0.2) is 4.39 Å². The summed E-state index contributed by atoms with van der Waals surface area (Å²) in [5.41, 5.74) is 0.846. The molecule has 1 atom stereocenters. The van der Waals surface area contributed by atoms with Gasteiger partial charge < -0.3 is 19.8 Å². The summed E-state index contributed by atoms with van der Waals surface area (Å²) in [6.45, 7) is 2.84. The molecular weight excluding hydrogens is 237 g/mol. The quantitative estimate of drug-likeness (QED) is 0.773. The Labute approximate surface area is 107 Å². The SMILES string of the molecule is COCCN(CCO)c1cccc(F)c1[C@H](C)O. The van der Waals surface area contributed by atoms with E-state index < -0.39 is 11.9 Å². The maximum absolute atomic E-state index is 13.7. The first-order valence-electron chi connectivity index (χ1n) is 5.93. The molecule has 4 nitrogen and oxygen atoms in total. The third-order valence-electron chi connectivity index (χ3n) is 2.72. The fourth-order valence-corrected chi connectivity index (χ4v) is 1.89. The van der Waals surface area contributed by atoms with Gasteiger partial charge in [-0.15, -0.1) is 0 Å². The lowest BCUT2D eigenvalue weighted by Gasteiger charge is -2.27. The van der Waals surface area contributed by atoms with Crippen molar-refractivity contribution in [1.82, 2.24) is 0 Å². The third-order valence-corrected chi connectivity index (χ3v) is 2.72. The Hall–Kier alpha value is -1.17. The Morgan fingerprint density at radius 1 is 1.39 bits per heavy atom. The zero-order chi connectivity index (χ0) is 13.5. The van der Waals surface area contributed by atoms with Crippen LogP contribution in [0.2, 0.25) is 0 Å². The van der Waals surface area contributed by atoms with Crippen molar-refractivity contribution in [3.8, 4) is 0 Å². The Morgan fingerprint density at radius 2 is 2.11 bits per heavy atom. The van der Waals surface area contributed by atoms with Crippen LogP contribution >= 0.6 is 0 Å². The predicted octanol–water partition coefficient (Wildman–Crippen LogP) is 1.32. The van der Waals surface area contributed by atoms with Crippen LogP contribution in [0.15, 0.2) is 18.2 Å². The molecule has 5 heteroatoms. The number of ether oxygens (including phenoxy) is 1. The summed E-state index contributed by atoms with van der Waals surface area (Å²) in [5.74, 6) is -0.442. The average molecular weight is 257 g/mol. The van der Waals surface area contributed by atoms with E-state index in [1.54, 1.807) is 24.1 Å². The lowest BCUT2D eigenvalue weighted by Crippen LogP contribution is -2.31. The molecule has 0 bridgehead atoms. The molecule has 2 N–H and O–H groups in total.